The van der Waals surface area contributed by atoms with Gasteiger partial charge in [0.1, 0.15) is 5.82 Å². The Bertz CT molecular complexity index is 1130. The first-order valence-electron chi connectivity index (χ1n) is 10.2. The van der Waals surface area contributed by atoms with Gasteiger partial charge in [-0.1, -0.05) is 30.3 Å². The summed E-state index contributed by atoms with van der Waals surface area (Å²) in [7, 11) is 0. The molecule has 0 saturated heterocycles. The summed E-state index contributed by atoms with van der Waals surface area (Å²) in [6.07, 6.45) is 0.433. The van der Waals surface area contributed by atoms with Crippen LogP contribution in [0.25, 0.3) is 22.0 Å². The minimum Gasteiger partial charge on any atom is -0.481 e. The van der Waals surface area contributed by atoms with E-state index in [0.29, 0.717) is 5.69 Å². The van der Waals surface area contributed by atoms with Crippen molar-refractivity contribution >= 4 is 28.8 Å². The van der Waals surface area contributed by atoms with Crippen LogP contribution in [0.15, 0.2) is 53.5 Å². The Morgan fingerprint density at radius 3 is 2.55 bits per heavy atom. The van der Waals surface area contributed by atoms with E-state index in [1.807, 2.05) is 24.3 Å². The van der Waals surface area contributed by atoms with Crippen LogP contribution in [0.4, 0.5) is 10.1 Å². The van der Waals surface area contributed by atoms with Crippen molar-refractivity contribution in [2.45, 2.75) is 43.8 Å². The molecule has 3 N–H and O–H groups in total. The Hall–Kier alpha value is -3.16. The lowest BCUT2D eigenvalue weighted by Crippen LogP contribution is -2.21. The molecule has 1 aliphatic rings. The van der Waals surface area contributed by atoms with E-state index in [-0.39, 0.29) is 18.2 Å². The summed E-state index contributed by atoms with van der Waals surface area (Å²) in [5, 5.41) is 29.7. The molecule has 0 spiro atoms. The minimum absolute atomic E-state index is 0.137. The zero-order valence-electron chi connectivity index (χ0n) is 16.8. The maximum Gasteiger partial charge on any atom is 0.305 e. The third-order valence-corrected chi connectivity index (χ3v) is 5.29. The maximum absolute atomic E-state index is 13.6. The quantitative estimate of drug-likeness (QED) is 0.472. The molecule has 7 heteroatoms. The Labute approximate surface area is 178 Å². The molecular weight excluding hydrogens is 399 g/mol. The van der Waals surface area contributed by atoms with Gasteiger partial charge in [-0.25, -0.2) is 4.39 Å². The fourth-order valence-electron chi connectivity index (χ4n) is 3.69. The highest BCUT2D eigenvalue weighted by Crippen LogP contribution is 2.48. The van der Waals surface area contributed by atoms with Crippen molar-refractivity contribution in [1.29, 1.82) is 0 Å². The second-order valence-electron chi connectivity index (χ2n) is 7.85. The van der Waals surface area contributed by atoms with E-state index in [0.717, 1.165) is 40.6 Å². The molecular formula is C24H23FN2O4. The molecule has 1 aromatic heterocycles. The van der Waals surface area contributed by atoms with Gasteiger partial charge in [-0.05, 0) is 36.6 Å². The summed E-state index contributed by atoms with van der Waals surface area (Å²) in [5.74, 6) is -1.20. The van der Waals surface area contributed by atoms with Gasteiger partial charge in [0.15, 0.2) is 0 Å². The Kier molecular flexibility index (Phi) is 6.06. The molecule has 160 valence electrons. The van der Waals surface area contributed by atoms with Crippen molar-refractivity contribution in [2.75, 3.05) is 0 Å². The SMILES string of the molecule is O=C(O)C[C@H](O)C[C@H](O)C=Nc1c(C2CC2)nc2ccccc2c1-c1ccc(F)cc1. The lowest BCUT2D eigenvalue weighted by atomic mass is 9.96. The third kappa shape index (κ3) is 4.95. The van der Waals surface area contributed by atoms with Gasteiger partial charge in [-0.2, -0.15) is 0 Å². The third-order valence-electron chi connectivity index (χ3n) is 5.29. The molecule has 4 rings (SSSR count). The molecule has 1 fully saturated rings. The van der Waals surface area contributed by atoms with E-state index >= 15 is 0 Å². The molecule has 0 bridgehead atoms. The van der Waals surface area contributed by atoms with E-state index in [9.17, 15) is 19.4 Å². The second-order valence-corrected chi connectivity index (χ2v) is 7.85. The van der Waals surface area contributed by atoms with Gasteiger partial charge in [0.05, 0.1) is 35.5 Å². The maximum atomic E-state index is 13.6. The number of benzene rings is 2. The molecule has 3 aromatic rings. The van der Waals surface area contributed by atoms with Gasteiger partial charge in [0.2, 0.25) is 0 Å². The molecule has 1 saturated carbocycles. The Morgan fingerprint density at radius 1 is 1.16 bits per heavy atom. The Morgan fingerprint density at radius 2 is 1.87 bits per heavy atom. The normalized spacial score (nSPS) is 16.0. The van der Waals surface area contributed by atoms with Crippen molar-refractivity contribution in [3.63, 3.8) is 0 Å². The first kappa shape index (κ1) is 21.1. The molecule has 2 atom stereocenters. The molecule has 2 aromatic carbocycles. The van der Waals surface area contributed by atoms with E-state index < -0.39 is 24.6 Å². The predicted octanol–water partition coefficient (Wildman–Crippen LogP) is 4.21. The number of fused-ring (bicyclic) bond motifs is 1. The number of aliphatic hydroxyl groups excluding tert-OH is 2. The molecule has 0 aliphatic heterocycles. The van der Waals surface area contributed by atoms with E-state index in [1.165, 1.54) is 18.3 Å². The van der Waals surface area contributed by atoms with Crippen molar-refractivity contribution < 1.29 is 24.5 Å². The van der Waals surface area contributed by atoms with Crippen molar-refractivity contribution in [3.8, 4) is 11.1 Å². The van der Waals surface area contributed by atoms with Crippen LogP contribution in [0.3, 0.4) is 0 Å². The van der Waals surface area contributed by atoms with Crippen molar-refractivity contribution in [3.05, 3.63) is 60.0 Å². The number of aliphatic imine (C=N–C) groups is 1. The topological polar surface area (TPSA) is 103 Å². The number of carboxylic acids is 1. The van der Waals surface area contributed by atoms with Gasteiger partial charge in [0.25, 0.3) is 0 Å². The van der Waals surface area contributed by atoms with Crippen LogP contribution in [0, 0.1) is 5.82 Å². The van der Waals surface area contributed by atoms with E-state index in [1.54, 1.807) is 12.1 Å². The van der Waals surface area contributed by atoms with Crippen molar-refractivity contribution in [2.24, 2.45) is 4.99 Å². The van der Waals surface area contributed by atoms with E-state index in [2.05, 4.69) is 4.99 Å². The van der Waals surface area contributed by atoms with Crippen LogP contribution in [0.5, 0.6) is 0 Å². The van der Waals surface area contributed by atoms with Crippen molar-refractivity contribution in [1.82, 2.24) is 4.98 Å². The van der Waals surface area contributed by atoms with Gasteiger partial charge in [-0.3, -0.25) is 14.8 Å². The van der Waals surface area contributed by atoms with Crippen LogP contribution in [0.1, 0.15) is 37.3 Å². The summed E-state index contributed by atoms with van der Waals surface area (Å²) in [6, 6.07) is 13.9. The smallest absolute Gasteiger partial charge is 0.305 e. The zero-order chi connectivity index (χ0) is 22.0. The number of aliphatic carboxylic acids is 1. The van der Waals surface area contributed by atoms with Gasteiger partial charge in [0, 0.05) is 29.5 Å². The summed E-state index contributed by atoms with van der Waals surface area (Å²) in [5.41, 5.74) is 3.85. The van der Waals surface area contributed by atoms with Gasteiger partial charge >= 0.3 is 5.97 Å². The zero-order valence-corrected chi connectivity index (χ0v) is 16.8. The average molecular weight is 422 g/mol. The van der Waals surface area contributed by atoms with Gasteiger partial charge < -0.3 is 15.3 Å². The number of pyridine rings is 1. The first-order chi connectivity index (χ1) is 14.9. The molecule has 1 heterocycles. The highest BCUT2D eigenvalue weighted by atomic mass is 19.1. The molecule has 0 radical (unpaired) electrons. The number of carboxylic acid groups (broad SMARTS) is 1. The number of nitrogens with zero attached hydrogens (tertiary/aromatic N) is 2. The summed E-state index contributed by atoms with van der Waals surface area (Å²) < 4.78 is 13.6. The molecule has 31 heavy (non-hydrogen) atoms. The number of rotatable bonds is 8. The summed E-state index contributed by atoms with van der Waals surface area (Å²) in [6.45, 7) is 0. The van der Waals surface area contributed by atoms with Gasteiger partial charge in [-0.15, -0.1) is 0 Å². The number of aromatic nitrogens is 1. The number of hydrogen-bond donors (Lipinski definition) is 3. The van der Waals surface area contributed by atoms with E-state index in [4.69, 9.17) is 10.1 Å². The highest BCUT2D eigenvalue weighted by Gasteiger charge is 2.30. The number of para-hydroxylation sites is 1. The lowest BCUT2D eigenvalue weighted by Gasteiger charge is -2.15. The Balaban J connectivity index is 1.79. The molecule has 1 aliphatic carbocycles. The lowest BCUT2D eigenvalue weighted by molar-refractivity contribution is -0.139. The molecule has 0 unspecified atom stereocenters. The van der Waals surface area contributed by atoms with Crippen LogP contribution in [-0.2, 0) is 4.79 Å². The largest absolute Gasteiger partial charge is 0.481 e. The summed E-state index contributed by atoms with van der Waals surface area (Å²) in [4.78, 5) is 20.1. The second kappa shape index (κ2) is 8.91. The standard InChI is InChI=1S/C24H23FN2O4/c25-16-9-7-14(8-10-16)22-19-3-1-2-4-20(19)27-23(15-5-6-15)24(22)26-13-18(29)11-17(28)12-21(30)31/h1-4,7-10,13,15,17-18,28-29H,5-6,11-12H2,(H,30,31)/t17-,18+/m1/s1. The number of hydrogen-bond acceptors (Lipinski definition) is 5. The number of halogens is 1. The number of carbonyl (C=O) groups is 1. The number of aliphatic hydroxyl groups is 2. The van der Waals surface area contributed by atoms with Crippen LogP contribution in [-0.4, -0.2) is 44.7 Å². The monoisotopic (exact) mass is 422 g/mol. The average Bonchev–Trinajstić information content (AvgIpc) is 3.56. The first-order valence-corrected chi connectivity index (χ1v) is 10.2. The fraction of sp³-hybridized carbons (Fsp3) is 0.292. The fourth-order valence-corrected chi connectivity index (χ4v) is 3.69. The minimum atomic E-state index is -1.17. The highest BCUT2D eigenvalue weighted by molar-refractivity contribution is 6.01. The summed E-state index contributed by atoms with van der Waals surface area (Å²) >= 11 is 0. The molecule has 6 nitrogen and oxygen atoms in total. The van der Waals surface area contributed by atoms with Crippen LogP contribution < -0.4 is 0 Å². The molecule has 0 amide bonds. The van der Waals surface area contributed by atoms with Crippen LogP contribution >= 0.6 is 0 Å². The van der Waals surface area contributed by atoms with Crippen LogP contribution in [0.2, 0.25) is 0 Å². The predicted molar refractivity (Wildman–Crippen MR) is 116 cm³/mol.